The van der Waals surface area contributed by atoms with Crippen molar-refractivity contribution in [2.24, 2.45) is 10.9 Å². The van der Waals surface area contributed by atoms with Gasteiger partial charge in [0, 0.05) is 0 Å². The third kappa shape index (κ3) is 3.72. The minimum Gasteiger partial charge on any atom is -0.409 e. The number of aromatic nitrogens is 1. The molecule has 0 saturated heterocycles. The summed E-state index contributed by atoms with van der Waals surface area (Å²) < 4.78 is 0. The Hall–Kier alpha value is -1.63. The number of aryl methyl sites for hydroxylation is 1. The Morgan fingerprint density at radius 3 is 2.52 bits per heavy atom. The minimum absolute atomic E-state index is 0.0963. The Balaban J connectivity index is 2.20. The van der Waals surface area contributed by atoms with Gasteiger partial charge in [0.2, 0.25) is 0 Å². The van der Waals surface area contributed by atoms with Crippen LogP contribution in [0.3, 0.4) is 0 Å². The molecule has 0 radical (unpaired) electrons. The van der Waals surface area contributed by atoms with Crippen molar-refractivity contribution in [2.75, 3.05) is 0 Å². The summed E-state index contributed by atoms with van der Waals surface area (Å²) in [6.07, 6.45) is 8.30. The average molecular weight is 310 g/mol. The number of rotatable bonds is 3. The van der Waals surface area contributed by atoms with Crippen LogP contribution >= 0.6 is 11.3 Å². The molecule has 7 heteroatoms. The van der Waals surface area contributed by atoms with Crippen molar-refractivity contribution in [1.29, 1.82) is 0 Å². The molecule has 0 spiro atoms. The standard InChI is InChI=1S/C14H22N4O2S/c1-10-16-9-11(21-10)12(19)17-14(13(15)18-20)7-5-3-2-4-6-8-14/h9,20H,2-8H2,1H3,(H2,15,18)(H,17,19). The zero-order valence-electron chi connectivity index (χ0n) is 12.3. The van der Waals surface area contributed by atoms with Crippen molar-refractivity contribution in [3.05, 3.63) is 16.1 Å². The van der Waals surface area contributed by atoms with Crippen molar-refractivity contribution in [3.8, 4) is 0 Å². The number of amidine groups is 1. The van der Waals surface area contributed by atoms with E-state index in [-0.39, 0.29) is 11.7 Å². The van der Waals surface area contributed by atoms with Crippen molar-refractivity contribution >= 4 is 23.1 Å². The summed E-state index contributed by atoms with van der Waals surface area (Å²) >= 11 is 1.35. The summed E-state index contributed by atoms with van der Waals surface area (Å²) in [6.45, 7) is 1.86. The first-order valence-electron chi connectivity index (χ1n) is 7.30. The molecule has 4 N–H and O–H groups in total. The monoisotopic (exact) mass is 310 g/mol. The van der Waals surface area contributed by atoms with E-state index in [2.05, 4.69) is 15.5 Å². The number of oxime groups is 1. The topological polar surface area (TPSA) is 101 Å². The van der Waals surface area contributed by atoms with E-state index >= 15 is 0 Å². The highest BCUT2D eigenvalue weighted by molar-refractivity contribution is 7.13. The van der Waals surface area contributed by atoms with E-state index in [1.54, 1.807) is 6.20 Å². The highest BCUT2D eigenvalue weighted by atomic mass is 32.1. The van der Waals surface area contributed by atoms with Crippen molar-refractivity contribution in [3.63, 3.8) is 0 Å². The molecule has 0 aliphatic heterocycles. The van der Waals surface area contributed by atoms with E-state index in [1.807, 2.05) is 6.92 Å². The summed E-state index contributed by atoms with van der Waals surface area (Å²) in [5, 5.41) is 16.1. The lowest BCUT2D eigenvalue weighted by Crippen LogP contribution is -2.57. The number of hydrogen-bond donors (Lipinski definition) is 3. The van der Waals surface area contributed by atoms with Gasteiger partial charge >= 0.3 is 0 Å². The first kappa shape index (κ1) is 15.8. The van der Waals surface area contributed by atoms with Crippen LogP contribution in [0.1, 0.15) is 59.6 Å². The zero-order chi connectivity index (χ0) is 15.3. The smallest absolute Gasteiger partial charge is 0.263 e. The molecule has 1 aliphatic carbocycles. The molecule has 116 valence electrons. The molecule has 0 unspecified atom stereocenters. The maximum absolute atomic E-state index is 12.4. The molecule has 1 aromatic heterocycles. The van der Waals surface area contributed by atoms with Gasteiger partial charge in [-0.15, -0.1) is 11.3 Å². The fourth-order valence-electron chi connectivity index (χ4n) is 2.80. The molecule has 21 heavy (non-hydrogen) atoms. The number of carbonyl (C=O) groups is 1. The summed E-state index contributed by atoms with van der Waals surface area (Å²) in [5.74, 6) is -0.105. The average Bonchev–Trinajstić information content (AvgIpc) is 2.88. The van der Waals surface area contributed by atoms with E-state index < -0.39 is 5.54 Å². The fourth-order valence-corrected chi connectivity index (χ4v) is 3.47. The van der Waals surface area contributed by atoms with Crippen LogP contribution in [0, 0.1) is 6.92 Å². The van der Waals surface area contributed by atoms with Gasteiger partial charge in [0.25, 0.3) is 5.91 Å². The highest BCUT2D eigenvalue weighted by Gasteiger charge is 2.37. The van der Waals surface area contributed by atoms with E-state index in [0.29, 0.717) is 17.7 Å². The van der Waals surface area contributed by atoms with Gasteiger partial charge in [0.15, 0.2) is 5.84 Å². The number of nitrogens with zero attached hydrogens (tertiary/aromatic N) is 2. The lowest BCUT2D eigenvalue weighted by atomic mass is 9.82. The first-order chi connectivity index (χ1) is 10.1. The SMILES string of the molecule is Cc1ncc(C(=O)NC2(/C(N)=N/O)CCCCCCC2)s1. The Labute approximate surface area is 128 Å². The number of amides is 1. The molecule has 0 atom stereocenters. The molecule has 0 bridgehead atoms. The Morgan fingerprint density at radius 2 is 2.00 bits per heavy atom. The largest absolute Gasteiger partial charge is 0.409 e. The Bertz CT molecular complexity index is 519. The van der Waals surface area contributed by atoms with Crippen molar-refractivity contribution in [1.82, 2.24) is 10.3 Å². The summed E-state index contributed by atoms with van der Waals surface area (Å²) in [4.78, 5) is 17.1. The number of hydrogen-bond acceptors (Lipinski definition) is 5. The van der Waals surface area contributed by atoms with Gasteiger partial charge in [-0.2, -0.15) is 0 Å². The third-order valence-electron chi connectivity index (χ3n) is 4.00. The van der Waals surface area contributed by atoms with Crippen molar-refractivity contribution < 1.29 is 10.0 Å². The van der Waals surface area contributed by atoms with Gasteiger partial charge in [0.05, 0.1) is 11.2 Å². The van der Waals surface area contributed by atoms with E-state index in [4.69, 9.17) is 10.9 Å². The summed E-state index contributed by atoms with van der Waals surface area (Å²) in [7, 11) is 0. The van der Waals surface area contributed by atoms with Gasteiger partial charge in [-0.3, -0.25) is 4.79 Å². The molecule has 2 rings (SSSR count). The van der Waals surface area contributed by atoms with Gasteiger partial charge in [-0.25, -0.2) is 4.98 Å². The van der Waals surface area contributed by atoms with Crippen LogP contribution < -0.4 is 11.1 Å². The fraction of sp³-hybridized carbons (Fsp3) is 0.643. The predicted octanol–water partition coefficient (Wildman–Crippen LogP) is 2.41. The molecular weight excluding hydrogens is 288 g/mol. The minimum atomic E-state index is -0.746. The summed E-state index contributed by atoms with van der Waals surface area (Å²) in [6, 6.07) is 0. The van der Waals surface area contributed by atoms with E-state index in [0.717, 1.165) is 30.7 Å². The van der Waals surface area contributed by atoms with Crippen LogP contribution in [0.4, 0.5) is 0 Å². The lowest BCUT2D eigenvalue weighted by Gasteiger charge is -2.35. The second-order valence-electron chi connectivity index (χ2n) is 5.53. The van der Waals surface area contributed by atoms with Crippen LogP contribution in [0.5, 0.6) is 0 Å². The van der Waals surface area contributed by atoms with E-state index in [9.17, 15) is 4.79 Å². The first-order valence-corrected chi connectivity index (χ1v) is 8.12. The normalized spacial score (nSPS) is 19.6. The van der Waals surface area contributed by atoms with Crippen LogP contribution in [-0.2, 0) is 0 Å². The maximum Gasteiger partial charge on any atom is 0.263 e. The molecule has 1 aromatic rings. The van der Waals surface area contributed by atoms with Gasteiger partial charge in [0.1, 0.15) is 10.4 Å². The zero-order valence-corrected chi connectivity index (χ0v) is 13.1. The highest BCUT2D eigenvalue weighted by Crippen LogP contribution is 2.27. The maximum atomic E-state index is 12.4. The second-order valence-corrected chi connectivity index (χ2v) is 6.77. The summed E-state index contributed by atoms with van der Waals surface area (Å²) in [5.41, 5.74) is 5.16. The molecule has 1 amide bonds. The number of nitrogens with two attached hydrogens (primary N) is 1. The number of carbonyl (C=O) groups excluding carboxylic acids is 1. The van der Waals surface area contributed by atoms with Crippen LogP contribution in [0.2, 0.25) is 0 Å². The van der Waals surface area contributed by atoms with Crippen LogP contribution in [0.25, 0.3) is 0 Å². The molecule has 1 heterocycles. The predicted molar refractivity (Wildman–Crippen MR) is 82.8 cm³/mol. The van der Waals surface area contributed by atoms with Crippen LogP contribution in [0.15, 0.2) is 11.4 Å². The van der Waals surface area contributed by atoms with Gasteiger partial charge in [-0.1, -0.05) is 37.3 Å². The molecular formula is C14H22N4O2S. The second kappa shape index (κ2) is 6.89. The van der Waals surface area contributed by atoms with Crippen LogP contribution in [-0.4, -0.2) is 27.5 Å². The number of thiazole rings is 1. The Kier molecular flexibility index (Phi) is 5.17. The Morgan fingerprint density at radius 1 is 1.38 bits per heavy atom. The molecule has 1 aliphatic rings. The van der Waals surface area contributed by atoms with E-state index in [1.165, 1.54) is 17.8 Å². The molecule has 6 nitrogen and oxygen atoms in total. The van der Waals surface area contributed by atoms with Gasteiger partial charge in [-0.05, 0) is 19.8 Å². The number of nitrogens with one attached hydrogen (secondary N) is 1. The quantitative estimate of drug-likeness (QED) is 0.345. The molecule has 1 saturated carbocycles. The molecule has 1 fully saturated rings. The molecule has 0 aromatic carbocycles. The van der Waals surface area contributed by atoms with Crippen molar-refractivity contribution in [2.45, 2.75) is 57.4 Å². The lowest BCUT2D eigenvalue weighted by molar-refractivity contribution is 0.0914. The third-order valence-corrected chi connectivity index (χ3v) is 4.91. The van der Waals surface area contributed by atoms with Gasteiger partial charge < -0.3 is 16.3 Å².